The van der Waals surface area contributed by atoms with Crippen molar-refractivity contribution in [2.24, 2.45) is 0 Å². The lowest BCUT2D eigenvalue weighted by Crippen LogP contribution is -1.95. The summed E-state index contributed by atoms with van der Waals surface area (Å²) in [5, 5.41) is 0. The van der Waals surface area contributed by atoms with Crippen LogP contribution in [0, 0.1) is 0 Å². The Labute approximate surface area is 98.5 Å². The van der Waals surface area contributed by atoms with Crippen LogP contribution in [0.15, 0.2) is 48.9 Å². The molecule has 0 atom stereocenters. The lowest BCUT2D eigenvalue weighted by Gasteiger charge is -2.05. The van der Waals surface area contributed by atoms with E-state index in [9.17, 15) is 0 Å². The maximum atomic E-state index is 5.30. The monoisotopic (exact) mass is 225 g/mol. The molecule has 3 aromatic rings. The zero-order valence-corrected chi connectivity index (χ0v) is 9.37. The van der Waals surface area contributed by atoms with Gasteiger partial charge in [0.15, 0.2) is 5.82 Å². The van der Waals surface area contributed by atoms with Gasteiger partial charge in [0.05, 0.1) is 18.8 Å². The van der Waals surface area contributed by atoms with Crippen LogP contribution in [-0.2, 0) is 0 Å². The van der Waals surface area contributed by atoms with Crippen LogP contribution in [0.2, 0.25) is 0 Å². The van der Waals surface area contributed by atoms with Crippen LogP contribution in [0.1, 0.15) is 0 Å². The molecule has 0 bridgehead atoms. The number of rotatable bonds is 2. The minimum absolute atomic E-state index is 0.726. The van der Waals surface area contributed by atoms with Gasteiger partial charge in [-0.25, -0.2) is 9.97 Å². The van der Waals surface area contributed by atoms with Gasteiger partial charge in [-0.15, -0.1) is 0 Å². The van der Waals surface area contributed by atoms with E-state index in [0.29, 0.717) is 0 Å². The SMILES string of the molecule is COc1cccnc1-c1ncc2ccccn12. The van der Waals surface area contributed by atoms with Crippen molar-refractivity contribution in [3.05, 3.63) is 48.9 Å². The summed E-state index contributed by atoms with van der Waals surface area (Å²) in [5.74, 6) is 1.52. The van der Waals surface area contributed by atoms with E-state index < -0.39 is 0 Å². The van der Waals surface area contributed by atoms with Crippen LogP contribution in [-0.4, -0.2) is 21.5 Å². The molecule has 0 amide bonds. The second-order valence-corrected chi connectivity index (χ2v) is 3.63. The molecule has 0 saturated heterocycles. The number of ether oxygens (including phenoxy) is 1. The van der Waals surface area contributed by atoms with Gasteiger partial charge in [0, 0.05) is 12.4 Å². The molecule has 0 saturated carbocycles. The quantitative estimate of drug-likeness (QED) is 0.672. The van der Waals surface area contributed by atoms with E-state index in [1.165, 1.54) is 0 Å². The maximum Gasteiger partial charge on any atom is 0.167 e. The number of nitrogens with zero attached hydrogens (tertiary/aromatic N) is 3. The molecule has 3 aromatic heterocycles. The van der Waals surface area contributed by atoms with Crippen molar-refractivity contribution in [1.29, 1.82) is 0 Å². The second-order valence-electron chi connectivity index (χ2n) is 3.63. The topological polar surface area (TPSA) is 39.4 Å². The minimum atomic E-state index is 0.726. The van der Waals surface area contributed by atoms with Crippen molar-refractivity contribution >= 4 is 5.52 Å². The van der Waals surface area contributed by atoms with Crippen LogP contribution in [0.4, 0.5) is 0 Å². The number of aromatic nitrogens is 3. The Morgan fingerprint density at radius 2 is 2.06 bits per heavy atom. The van der Waals surface area contributed by atoms with E-state index in [2.05, 4.69) is 9.97 Å². The molecule has 0 N–H and O–H groups in total. The predicted octanol–water partition coefficient (Wildman–Crippen LogP) is 2.40. The van der Waals surface area contributed by atoms with Gasteiger partial charge in [0.25, 0.3) is 0 Å². The molecule has 0 unspecified atom stereocenters. The zero-order chi connectivity index (χ0) is 11.7. The summed E-state index contributed by atoms with van der Waals surface area (Å²) in [5.41, 5.74) is 1.79. The van der Waals surface area contributed by atoms with Gasteiger partial charge < -0.3 is 4.74 Å². The summed E-state index contributed by atoms with van der Waals surface area (Å²) in [7, 11) is 1.64. The van der Waals surface area contributed by atoms with Gasteiger partial charge in [-0.2, -0.15) is 0 Å². The summed E-state index contributed by atoms with van der Waals surface area (Å²) < 4.78 is 7.29. The van der Waals surface area contributed by atoms with Gasteiger partial charge in [0.1, 0.15) is 11.4 Å². The lowest BCUT2D eigenvalue weighted by molar-refractivity contribution is 0.414. The highest BCUT2D eigenvalue weighted by molar-refractivity contribution is 5.64. The molecule has 4 heteroatoms. The Balaban J connectivity index is 2.27. The first-order chi connectivity index (χ1) is 8.40. The van der Waals surface area contributed by atoms with Gasteiger partial charge in [-0.3, -0.25) is 4.40 Å². The Hall–Kier alpha value is -2.36. The standard InChI is InChI=1S/C13H11N3O/c1-17-11-6-4-7-14-12(11)13-15-9-10-5-2-3-8-16(10)13/h2-9H,1H3. The minimum Gasteiger partial charge on any atom is -0.494 e. The molecular weight excluding hydrogens is 214 g/mol. The Morgan fingerprint density at radius 1 is 1.12 bits per heavy atom. The normalized spacial score (nSPS) is 10.6. The third kappa shape index (κ3) is 1.54. The first kappa shape index (κ1) is 9.84. The molecular formula is C13H11N3O. The van der Waals surface area contributed by atoms with E-state index in [1.54, 1.807) is 13.3 Å². The molecule has 4 nitrogen and oxygen atoms in total. The van der Waals surface area contributed by atoms with E-state index in [0.717, 1.165) is 22.8 Å². The zero-order valence-electron chi connectivity index (χ0n) is 9.37. The Morgan fingerprint density at radius 3 is 2.94 bits per heavy atom. The molecule has 0 aromatic carbocycles. The summed E-state index contributed by atoms with van der Waals surface area (Å²) in [4.78, 5) is 8.73. The molecule has 0 radical (unpaired) electrons. The van der Waals surface area contributed by atoms with E-state index in [1.807, 2.05) is 47.1 Å². The highest BCUT2D eigenvalue weighted by Gasteiger charge is 2.11. The molecule has 3 rings (SSSR count). The smallest absolute Gasteiger partial charge is 0.167 e. The number of hydrogen-bond donors (Lipinski definition) is 0. The van der Waals surface area contributed by atoms with Gasteiger partial charge in [-0.1, -0.05) is 6.07 Å². The number of methoxy groups -OCH3 is 1. The predicted molar refractivity (Wildman–Crippen MR) is 65.0 cm³/mol. The first-order valence-corrected chi connectivity index (χ1v) is 5.31. The van der Waals surface area contributed by atoms with Crippen molar-refractivity contribution in [2.75, 3.05) is 7.11 Å². The highest BCUT2D eigenvalue weighted by Crippen LogP contribution is 2.26. The third-order valence-corrected chi connectivity index (χ3v) is 2.64. The van der Waals surface area contributed by atoms with Crippen LogP contribution in [0.5, 0.6) is 5.75 Å². The number of pyridine rings is 2. The molecule has 0 spiro atoms. The lowest BCUT2D eigenvalue weighted by atomic mass is 10.3. The van der Waals surface area contributed by atoms with Crippen LogP contribution in [0.3, 0.4) is 0 Å². The fourth-order valence-corrected chi connectivity index (χ4v) is 1.84. The Kier molecular flexibility index (Phi) is 2.26. The molecule has 0 fully saturated rings. The molecule has 0 aliphatic rings. The third-order valence-electron chi connectivity index (χ3n) is 2.64. The fraction of sp³-hybridized carbons (Fsp3) is 0.0769. The van der Waals surface area contributed by atoms with Crippen LogP contribution >= 0.6 is 0 Å². The summed E-state index contributed by atoms with van der Waals surface area (Å²) in [6.07, 6.45) is 5.52. The summed E-state index contributed by atoms with van der Waals surface area (Å²) in [6.45, 7) is 0. The van der Waals surface area contributed by atoms with Crippen molar-refractivity contribution in [1.82, 2.24) is 14.4 Å². The van der Waals surface area contributed by atoms with Crippen LogP contribution < -0.4 is 4.74 Å². The van der Waals surface area contributed by atoms with Gasteiger partial charge in [0.2, 0.25) is 0 Å². The largest absolute Gasteiger partial charge is 0.494 e. The summed E-state index contributed by atoms with van der Waals surface area (Å²) in [6, 6.07) is 9.68. The summed E-state index contributed by atoms with van der Waals surface area (Å²) >= 11 is 0. The fourth-order valence-electron chi connectivity index (χ4n) is 1.84. The number of hydrogen-bond acceptors (Lipinski definition) is 3. The molecule has 0 aliphatic heterocycles. The van der Waals surface area contributed by atoms with Gasteiger partial charge >= 0.3 is 0 Å². The van der Waals surface area contributed by atoms with Crippen molar-refractivity contribution < 1.29 is 4.74 Å². The van der Waals surface area contributed by atoms with Crippen molar-refractivity contribution in [3.8, 4) is 17.3 Å². The molecule has 3 heterocycles. The van der Waals surface area contributed by atoms with E-state index in [-0.39, 0.29) is 0 Å². The second kappa shape index (κ2) is 3.90. The average molecular weight is 225 g/mol. The van der Waals surface area contributed by atoms with E-state index >= 15 is 0 Å². The van der Waals surface area contributed by atoms with Crippen molar-refractivity contribution in [3.63, 3.8) is 0 Å². The molecule has 0 aliphatic carbocycles. The number of imidazole rings is 1. The van der Waals surface area contributed by atoms with Crippen LogP contribution in [0.25, 0.3) is 17.0 Å². The highest BCUT2D eigenvalue weighted by atomic mass is 16.5. The molecule has 17 heavy (non-hydrogen) atoms. The van der Waals surface area contributed by atoms with Gasteiger partial charge in [-0.05, 0) is 24.3 Å². The number of fused-ring (bicyclic) bond motifs is 1. The van der Waals surface area contributed by atoms with Crippen molar-refractivity contribution in [2.45, 2.75) is 0 Å². The average Bonchev–Trinajstić information content (AvgIpc) is 2.82. The van der Waals surface area contributed by atoms with E-state index in [4.69, 9.17) is 4.74 Å². The maximum absolute atomic E-state index is 5.30. The molecule has 84 valence electrons. The first-order valence-electron chi connectivity index (χ1n) is 5.31. The Bertz CT molecular complexity index is 660.